The van der Waals surface area contributed by atoms with Gasteiger partial charge in [0.05, 0.1) is 25.0 Å². The first kappa shape index (κ1) is 25.6. The van der Waals surface area contributed by atoms with Gasteiger partial charge in [0.2, 0.25) is 0 Å². The summed E-state index contributed by atoms with van der Waals surface area (Å²) in [4.78, 5) is 24.7. The molecule has 0 aliphatic heterocycles. The van der Waals surface area contributed by atoms with Crippen LogP contribution in [0.4, 0.5) is 5.69 Å². The predicted octanol–water partition coefficient (Wildman–Crippen LogP) is 4.84. The van der Waals surface area contributed by atoms with Crippen molar-refractivity contribution in [3.8, 4) is 17.2 Å². The molecule has 0 radical (unpaired) electrons. The third-order valence-electron chi connectivity index (χ3n) is 4.81. The van der Waals surface area contributed by atoms with Crippen LogP contribution >= 0.6 is 11.6 Å². The van der Waals surface area contributed by atoms with Crippen molar-refractivity contribution in [3.63, 3.8) is 0 Å². The summed E-state index contributed by atoms with van der Waals surface area (Å²) in [7, 11) is 1.53. The largest absolute Gasteiger partial charge is 0.497 e. The molecule has 2 N–H and O–H groups in total. The van der Waals surface area contributed by atoms with Gasteiger partial charge in [-0.1, -0.05) is 35.9 Å². The van der Waals surface area contributed by atoms with Crippen LogP contribution in [-0.4, -0.2) is 38.4 Å². The number of halogens is 1. The van der Waals surface area contributed by atoms with Crippen molar-refractivity contribution in [2.24, 2.45) is 5.10 Å². The number of benzene rings is 3. The highest BCUT2D eigenvalue weighted by Crippen LogP contribution is 2.36. The quantitative estimate of drug-likeness (QED) is 0.310. The van der Waals surface area contributed by atoms with Crippen molar-refractivity contribution in [1.29, 1.82) is 0 Å². The lowest BCUT2D eigenvalue weighted by Crippen LogP contribution is -2.21. The number of aryl methyl sites for hydroxylation is 1. The lowest BCUT2D eigenvalue weighted by molar-refractivity contribution is -0.118. The van der Waals surface area contributed by atoms with Crippen LogP contribution in [0.2, 0.25) is 5.02 Å². The fourth-order valence-corrected chi connectivity index (χ4v) is 3.37. The Morgan fingerprint density at radius 1 is 1.06 bits per heavy atom. The molecule has 3 rings (SSSR count). The summed E-state index contributed by atoms with van der Waals surface area (Å²) in [6.45, 7) is 3.82. The smallest absolute Gasteiger partial charge is 0.271 e. The first-order chi connectivity index (χ1) is 16.9. The fourth-order valence-electron chi connectivity index (χ4n) is 3.10. The van der Waals surface area contributed by atoms with Crippen LogP contribution in [0.1, 0.15) is 28.4 Å². The molecule has 0 atom stereocenters. The average Bonchev–Trinajstić information content (AvgIpc) is 2.85. The van der Waals surface area contributed by atoms with Crippen LogP contribution in [0.15, 0.2) is 65.8 Å². The summed E-state index contributed by atoms with van der Waals surface area (Å²) >= 11 is 6.41. The Balaban J connectivity index is 1.67. The third kappa shape index (κ3) is 7.22. The van der Waals surface area contributed by atoms with E-state index in [1.54, 1.807) is 36.4 Å². The minimum absolute atomic E-state index is 0.236. The molecule has 0 fully saturated rings. The van der Waals surface area contributed by atoms with E-state index in [1.807, 2.05) is 38.1 Å². The number of hydrogen-bond acceptors (Lipinski definition) is 6. The highest BCUT2D eigenvalue weighted by Gasteiger charge is 2.15. The minimum atomic E-state index is -0.393. The van der Waals surface area contributed by atoms with Gasteiger partial charge in [0.25, 0.3) is 11.8 Å². The van der Waals surface area contributed by atoms with Crippen molar-refractivity contribution in [3.05, 3.63) is 82.4 Å². The van der Waals surface area contributed by atoms with Crippen LogP contribution in [0.25, 0.3) is 0 Å². The van der Waals surface area contributed by atoms with Gasteiger partial charge in [-0.2, -0.15) is 5.10 Å². The lowest BCUT2D eigenvalue weighted by atomic mass is 10.2. The van der Waals surface area contributed by atoms with Crippen molar-refractivity contribution >= 4 is 35.3 Å². The Bertz CT molecular complexity index is 1230. The van der Waals surface area contributed by atoms with Crippen LogP contribution in [0.3, 0.4) is 0 Å². The number of hydrazone groups is 1. The molecule has 9 heteroatoms. The second-order valence-corrected chi connectivity index (χ2v) is 7.75. The minimum Gasteiger partial charge on any atom is -0.497 e. The van der Waals surface area contributed by atoms with Crippen molar-refractivity contribution in [2.45, 2.75) is 13.8 Å². The topological polar surface area (TPSA) is 98.2 Å². The van der Waals surface area contributed by atoms with E-state index in [4.69, 9.17) is 25.8 Å². The fraction of sp³-hybridized carbons (Fsp3) is 0.192. The number of anilines is 1. The summed E-state index contributed by atoms with van der Waals surface area (Å²) in [5.41, 5.74) is 5.08. The monoisotopic (exact) mass is 495 g/mol. The van der Waals surface area contributed by atoms with E-state index in [1.165, 1.54) is 13.3 Å². The van der Waals surface area contributed by atoms with Gasteiger partial charge in [-0.3, -0.25) is 9.59 Å². The maximum atomic E-state index is 12.4. The molecule has 3 aromatic rings. The van der Waals surface area contributed by atoms with Crippen molar-refractivity contribution < 1.29 is 23.8 Å². The second-order valence-electron chi connectivity index (χ2n) is 7.35. The Hall–Kier alpha value is -4.04. The highest BCUT2D eigenvalue weighted by atomic mass is 35.5. The van der Waals surface area contributed by atoms with Gasteiger partial charge >= 0.3 is 0 Å². The zero-order valence-electron chi connectivity index (χ0n) is 19.6. The van der Waals surface area contributed by atoms with Crippen LogP contribution in [0.5, 0.6) is 17.2 Å². The lowest BCUT2D eigenvalue weighted by Gasteiger charge is -2.15. The zero-order chi connectivity index (χ0) is 25.2. The standard InChI is InChI=1S/C26H26ClN3O5/c1-4-34-23-13-18(15-28-30-26(32)19-9-7-10-20(14-19)33-3)12-21(27)25(23)35-16-24(31)29-22-11-6-5-8-17(22)2/h5-15H,4,16H2,1-3H3,(H,29,31)(H,30,32)/b28-15+. The van der Waals surface area contributed by atoms with E-state index >= 15 is 0 Å². The molecule has 0 unspecified atom stereocenters. The van der Waals surface area contributed by atoms with Crippen molar-refractivity contribution in [2.75, 3.05) is 25.6 Å². The molecule has 0 saturated heterocycles. The molecule has 0 heterocycles. The molecule has 2 amide bonds. The predicted molar refractivity (Wildman–Crippen MR) is 136 cm³/mol. The van der Waals surface area contributed by atoms with Crippen molar-refractivity contribution in [1.82, 2.24) is 5.43 Å². The number of para-hydroxylation sites is 1. The SMILES string of the molecule is CCOc1cc(/C=N/NC(=O)c2cccc(OC)c2)cc(Cl)c1OCC(=O)Nc1ccccc1C. The van der Waals surface area contributed by atoms with E-state index in [9.17, 15) is 9.59 Å². The molecule has 0 aromatic heterocycles. The maximum Gasteiger partial charge on any atom is 0.271 e. The molecule has 0 aliphatic rings. The summed E-state index contributed by atoms with van der Waals surface area (Å²) in [6.07, 6.45) is 1.43. The van der Waals surface area contributed by atoms with E-state index in [-0.39, 0.29) is 23.3 Å². The molecule has 0 bridgehead atoms. The summed E-state index contributed by atoms with van der Waals surface area (Å²) in [5, 5.41) is 7.03. The molecule has 0 saturated carbocycles. The van der Waals surface area contributed by atoms with Gasteiger partial charge in [-0.05, 0) is 61.4 Å². The molecule has 8 nitrogen and oxygen atoms in total. The third-order valence-corrected chi connectivity index (χ3v) is 5.09. The van der Waals surface area contributed by atoms with Crippen LogP contribution < -0.4 is 25.0 Å². The average molecular weight is 496 g/mol. The van der Waals surface area contributed by atoms with Crippen LogP contribution in [0, 0.1) is 6.92 Å². The number of amides is 2. The Morgan fingerprint density at radius 2 is 1.86 bits per heavy atom. The number of hydrogen-bond donors (Lipinski definition) is 2. The number of methoxy groups -OCH3 is 1. The van der Waals surface area contributed by atoms with Gasteiger partial charge in [-0.25, -0.2) is 5.43 Å². The molecule has 35 heavy (non-hydrogen) atoms. The molecule has 182 valence electrons. The molecular weight excluding hydrogens is 470 g/mol. The van der Waals surface area contributed by atoms with E-state index in [0.717, 1.165) is 5.56 Å². The van der Waals surface area contributed by atoms with E-state index in [0.29, 0.717) is 34.9 Å². The molecule has 0 spiro atoms. The summed E-state index contributed by atoms with van der Waals surface area (Å²) in [5.74, 6) is 0.438. The van der Waals surface area contributed by atoms with E-state index < -0.39 is 5.91 Å². The number of carbonyl (C=O) groups excluding carboxylic acids is 2. The van der Waals surface area contributed by atoms with Gasteiger partial charge in [-0.15, -0.1) is 0 Å². The van der Waals surface area contributed by atoms with E-state index in [2.05, 4.69) is 15.8 Å². The number of rotatable bonds is 10. The first-order valence-corrected chi connectivity index (χ1v) is 11.2. The summed E-state index contributed by atoms with van der Waals surface area (Å²) in [6, 6.07) is 17.4. The van der Waals surface area contributed by atoms with Gasteiger partial charge < -0.3 is 19.5 Å². The molecular formula is C26H26ClN3O5. The number of ether oxygens (including phenoxy) is 3. The highest BCUT2D eigenvalue weighted by molar-refractivity contribution is 6.32. The summed E-state index contributed by atoms with van der Waals surface area (Å²) < 4.78 is 16.4. The Morgan fingerprint density at radius 3 is 2.60 bits per heavy atom. The Labute approximate surface area is 208 Å². The Kier molecular flexibility index (Phi) is 9.09. The maximum absolute atomic E-state index is 12.4. The van der Waals surface area contributed by atoms with Gasteiger partial charge in [0.1, 0.15) is 5.75 Å². The van der Waals surface area contributed by atoms with Gasteiger partial charge in [0, 0.05) is 11.3 Å². The van der Waals surface area contributed by atoms with Crippen LogP contribution in [-0.2, 0) is 4.79 Å². The number of carbonyl (C=O) groups is 2. The second kappa shape index (κ2) is 12.4. The molecule has 0 aliphatic carbocycles. The number of nitrogens with one attached hydrogen (secondary N) is 2. The van der Waals surface area contributed by atoms with Gasteiger partial charge in [0.15, 0.2) is 18.1 Å². The molecule has 3 aromatic carbocycles. The number of nitrogens with zero attached hydrogens (tertiary/aromatic N) is 1. The first-order valence-electron chi connectivity index (χ1n) is 10.8. The zero-order valence-corrected chi connectivity index (χ0v) is 20.4. The normalized spacial score (nSPS) is 10.6.